The Kier molecular flexibility index (Phi) is 6.94. The maximum Gasteiger partial charge on any atom is 0.0584 e. The normalized spacial score (nSPS) is 11.9. The molecule has 0 aliphatic heterocycles. The van der Waals surface area contributed by atoms with Crippen molar-refractivity contribution in [3.8, 4) is 12.5 Å². The summed E-state index contributed by atoms with van der Waals surface area (Å²) in [7, 11) is 0. The number of benzene rings is 1. The molecule has 1 nitrogen and oxygen atoms in total. The maximum atomic E-state index is 5.32. The molecule has 0 amide bonds. The highest BCUT2D eigenvalue weighted by Gasteiger charge is 2.08. The van der Waals surface area contributed by atoms with Crippen molar-refractivity contribution in [3.63, 3.8) is 0 Å². The molecule has 0 saturated carbocycles. The van der Waals surface area contributed by atoms with Crippen LogP contribution in [0.2, 0.25) is 0 Å². The van der Waals surface area contributed by atoms with Crippen molar-refractivity contribution in [2.24, 2.45) is 5.92 Å². The molecule has 1 aromatic rings. The molecule has 0 heterocycles. The van der Waals surface area contributed by atoms with Crippen LogP contribution in [0.4, 0.5) is 0 Å². The van der Waals surface area contributed by atoms with Crippen molar-refractivity contribution in [2.45, 2.75) is 52.5 Å². The summed E-state index contributed by atoms with van der Waals surface area (Å²) in [6, 6.07) is 11.6. The van der Waals surface area contributed by atoms with Crippen LogP contribution in [0.5, 0.6) is 0 Å². The summed E-state index contributed by atoms with van der Waals surface area (Å²) in [5.41, 5.74) is 3.79. The molecule has 108 valence electrons. The largest absolute Gasteiger partial charge is 0.339 e. The summed E-state index contributed by atoms with van der Waals surface area (Å²) in [5, 5.41) is 3.02. The first-order valence-electron chi connectivity index (χ1n) is 7.47. The minimum Gasteiger partial charge on any atom is -0.339 e. The van der Waals surface area contributed by atoms with Crippen LogP contribution in [0.25, 0.3) is 0 Å². The van der Waals surface area contributed by atoms with Gasteiger partial charge in [-0.3, -0.25) is 0 Å². The van der Waals surface area contributed by atoms with E-state index in [1.54, 1.807) is 0 Å². The molecule has 1 atom stereocenters. The van der Waals surface area contributed by atoms with Crippen LogP contribution >= 0.6 is 0 Å². The molecule has 0 saturated heterocycles. The zero-order valence-corrected chi connectivity index (χ0v) is 13.1. The van der Waals surface area contributed by atoms with Crippen LogP contribution in [0.15, 0.2) is 36.4 Å². The number of rotatable bonds is 8. The fraction of sp³-hybridized carbons (Fsp3) is 0.474. The van der Waals surface area contributed by atoms with Crippen molar-refractivity contribution < 1.29 is 0 Å². The highest BCUT2D eigenvalue weighted by atomic mass is 14.9. The molecule has 0 fully saturated rings. The number of hydrogen-bond donors (Lipinski definition) is 1. The third-order valence-corrected chi connectivity index (χ3v) is 3.56. The molecular formula is C19H27N. The first-order valence-corrected chi connectivity index (χ1v) is 7.47. The summed E-state index contributed by atoms with van der Waals surface area (Å²) in [6.07, 6.45) is 9.95. The van der Waals surface area contributed by atoms with E-state index in [0.29, 0.717) is 0 Å². The topological polar surface area (TPSA) is 12.0 Å². The number of nitrogens with one attached hydrogen (secondary N) is 1. The molecule has 1 heteroatoms. The van der Waals surface area contributed by atoms with E-state index in [4.69, 9.17) is 6.42 Å². The van der Waals surface area contributed by atoms with Gasteiger partial charge in [-0.05, 0) is 43.2 Å². The first kappa shape index (κ1) is 16.4. The van der Waals surface area contributed by atoms with Crippen LogP contribution in [0.1, 0.15) is 44.7 Å². The fourth-order valence-corrected chi connectivity index (χ4v) is 2.24. The van der Waals surface area contributed by atoms with Crippen molar-refractivity contribution in [2.75, 3.05) is 0 Å². The van der Waals surface area contributed by atoms with Crippen LogP contribution in [-0.2, 0) is 12.8 Å². The summed E-state index contributed by atoms with van der Waals surface area (Å²) in [5.74, 6) is 0.792. The first-order chi connectivity index (χ1) is 9.52. The Balaban J connectivity index is 2.53. The van der Waals surface area contributed by atoms with E-state index < -0.39 is 0 Å². The predicted molar refractivity (Wildman–Crippen MR) is 88.5 cm³/mol. The van der Waals surface area contributed by atoms with Gasteiger partial charge in [0.05, 0.1) is 6.04 Å². The van der Waals surface area contributed by atoms with Gasteiger partial charge in [0, 0.05) is 6.04 Å². The molecular weight excluding hydrogens is 242 g/mol. The molecule has 0 aliphatic carbocycles. The summed E-state index contributed by atoms with van der Waals surface area (Å²) in [6.45, 7) is 10.6. The van der Waals surface area contributed by atoms with E-state index in [2.05, 4.69) is 56.1 Å². The molecule has 20 heavy (non-hydrogen) atoms. The molecule has 0 aromatic heterocycles. The minimum atomic E-state index is 0.159. The summed E-state index contributed by atoms with van der Waals surface area (Å²) < 4.78 is 0. The minimum absolute atomic E-state index is 0.159. The fourth-order valence-electron chi connectivity index (χ4n) is 2.24. The van der Waals surface area contributed by atoms with Crippen molar-refractivity contribution in [1.82, 2.24) is 5.32 Å². The third-order valence-electron chi connectivity index (χ3n) is 3.56. The molecule has 0 radical (unpaired) electrons. The second-order valence-electron chi connectivity index (χ2n) is 5.99. The highest BCUT2D eigenvalue weighted by molar-refractivity contribution is 5.25. The monoisotopic (exact) mass is 269 g/mol. The number of aryl methyl sites for hydroxylation is 1. The SMILES string of the molecule is C#CNC(Cc1ccc(CCCC(C)C)cc1)C(=C)C. The summed E-state index contributed by atoms with van der Waals surface area (Å²) in [4.78, 5) is 0. The van der Waals surface area contributed by atoms with E-state index in [0.717, 1.165) is 17.9 Å². The van der Waals surface area contributed by atoms with Crippen LogP contribution in [-0.4, -0.2) is 6.04 Å². The molecule has 0 aliphatic rings. The van der Waals surface area contributed by atoms with E-state index in [9.17, 15) is 0 Å². The average Bonchev–Trinajstić information content (AvgIpc) is 2.39. The lowest BCUT2D eigenvalue weighted by atomic mass is 9.98. The lowest BCUT2D eigenvalue weighted by Gasteiger charge is -2.16. The molecule has 0 bridgehead atoms. The quantitative estimate of drug-likeness (QED) is 0.421. The maximum absolute atomic E-state index is 5.32. The van der Waals surface area contributed by atoms with E-state index in [-0.39, 0.29) is 6.04 Å². The van der Waals surface area contributed by atoms with E-state index >= 15 is 0 Å². The zero-order chi connectivity index (χ0) is 15.0. The van der Waals surface area contributed by atoms with Gasteiger partial charge in [0.15, 0.2) is 0 Å². The second kappa shape index (κ2) is 8.48. The van der Waals surface area contributed by atoms with Crippen molar-refractivity contribution in [3.05, 3.63) is 47.5 Å². The van der Waals surface area contributed by atoms with Gasteiger partial charge < -0.3 is 5.32 Å². The molecule has 1 aromatic carbocycles. The third kappa shape index (κ3) is 5.97. The molecule has 1 N–H and O–H groups in total. The Hall–Kier alpha value is -1.68. The number of hydrogen-bond acceptors (Lipinski definition) is 1. The van der Waals surface area contributed by atoms with Gasteiger partial charge >= 0.3 is 0 Å². The lowest BCUT2D eigenvalue weighted by molar-refractivity contribution is 0.556. The smallest absolute Gasteiger partial charge is 0.0584 e. The van der Waals surface area contributed by atoms with Gasteiger partial charge in [0.1, 0.15) is 0 Å². The number of terminal acetylenes is 1. The van der Waals surface area contributed by atoms with Gasteiger partial charge in [0.2, 0.25) is 0 Å². The zero-order valence-electron chi connectivity index (χ0n) is 13.1. The Morgan fingerprint density at radius 1 is 1.25 bits per heavy atom. The van der Waals surface area contributed by atoms with Gasteiger partial charge in [0.25, 0.3) is 0 Å². The average molecular weight is 269 g/mol. The summed E-state index contributed by atoms with van der Waals surface area (Å²) >= 11 is 0. The van der Waals surface area contributed by atoms with Crippen molar-refractivity contribution >= 4 is 0 Å². The standard InChI is InChI=1S/C19H27N/c1-6-20-19(16(4)5)14-18-12-10-17(11-13-18)9-7-8-15(2)3/h1,10-13,15,19-20H,4,7-9,14H2,2-3,5H3. The van der Waals surface area contributed by atoms with Gasteiger partial charge in [-0.15, -0.1) is 0 Å². The van der Waals surface area contributed by atoms with Gasteiger partial charge in [-0.25, -0.2) is 0 Å². The lowest BCUT2D eigenvalue weighted by Crippen LogP contribution is -2.27. The highest BCUT2D eigenvalue weighted by Crippen LogP contribution is 2.13. The van der Waals surface area contributed by atoms with E-state index in [1.165, 1.54) is 30.4 Å². The van der Waals surface area contributed by atoms with E-state index in [1.807, 2.05) is 6.92 Å². The Bertz CT molecular complexity index is 448. The van der Waals surface area contributed by atoms with Crippen LogP contribution < -0.4 is 5.32 Å². The van der Waals surface area contributed by atoms with Gasteiger partial charge in [-0.2, -0.15) is 0 Å². The van der Waals surface area contributed by atoms with Crippen LogP contribution in [0.3, 0.4) is 0 Å². The molecule has 0 spiro atoms. The van der Waals surface area contributed by atoms with Crippen LogP contribution in [0, 0.1) is 18.4 Å². The molecule has 1 rings (SSSR count). The second-order valence-corrected chi connectivity index (χ2v) is 5.99. The van der Waals surface area contributed by atoms with Gasteiger partial charge in [-0.1, -0.05) is 63.1 Å². The Morgan fingerprint density at radius 3 is 2.35 bits per heavy atom. The van der Waals surface area contributed by atoms with Crippen molar-refractivity contribution in [1.29, 1.82) is 0 Å². The Morgan fingerprint density at radius 2 is 1.85 bits per heavy atom. The Labute approximate surface area is 124 Å². The predicted octanol–water partition coefficient (Wildman–Crippen LogP) is 4.33. The molecule has 1 unspecified atom stereocenters.